The van der Waals surface area contributed by atoms with E-state index in [0.717, 1.165) is 44.9 Å². The van der Waals surface area contributed by atoms with Gasteiger partial charge in [-0.25, -0.2) is 0 Å². The van der Waals surface area contributed by atoms with E-state index >= 15 is 0 Å². The molecule has 4 unspecified atom stereocenters. The molecule has 0 saturated carbocycles. The van der Waals surface area contributed by atoms with E-state index in [1.165, 1.54) is 116 Å². The maximum atomic E-state index is 12.9. The first kappa shape index (κ1) is 55.7. The molecule has 57 heavy (non-hydrogen) atoms. The molecule has 3 N–H and O–H groups in total. The zero-order chi connectivity index (χ0) is 42.3. The molecule has 0 radical (unpaired) electrons. The maximum Gasteiger partial charge on any atom is 0.268 e. The number of unbranched alkanes of at least 4 members (excludes halogenated alkanes) is 22. The Balaban J connectivity index is 4.44. The fraction of sp³-hybridized carbons (Fsp3) is 0.851. The fourth-order valence-electron chi connectivity index (χ4n) is 6.64. The molecule has 0 spiro atoms. The number of carbonyl (C=O) groups excluding carboxylic acids is 1. The molecule has 0 aliphatic heterocycles. The summed E-state index contributed by atoms with van der Waals surface area (Å²) in [5.74, 6) is -0.294. The van der Waals surface area contributed by atoms with Gasteiger partial charge in [0.15, 0.2) is 0 Å². The van der Waals surface area contributed by atoms with E-state index in [1.807, 2.05) is 21.1 Å². The molecule has 0 bridgehead atoms. The van der Waals surface area contributed by atoms with Crippen molar-refractivity contribution < 1.29 is 38.0 Å². The molecule has 0 heterocycles. The lowest BCUT2D eigenvalue weighted by molar-refractivity contribution is -0.870. The highest BCUT2D eigenvalue weighted by atomic mass is 31.2. The second kappa shape index (κ2) is 38.9. The maximum absolute atomic E-state index is 12.9. The van der Waals surface area contributed by atoms with Crippen LogP contribution in [0.4, 0.5) is 0 Å². The van der Waals surface area contributed by atoms with Crippen LogP contribution in [0.25, 0.3) is 0 Å². The van der Waals surface area contributed by atoms with Crippen LogP contribution in [-0.4, -0.2) is 79.8 Å². The van der Waals surface area contributed by atoms with Crippen molar-refractivity contribution in [3.8, 4) is 0 Å². The van der Waals surface area contributed by atoms with Gasteiger partial charge in [0.2, 0.25) is 5.91 Å². The number of phosphoric acid groups is 1. The largest absolute Gasteiger partial charge is 0.756 e. The SMILES string of the molecule is CCCCCCC/C=C\C/C=C\CCCCCCCCCCCC(=O)NC(COP(=O)([O-])OCC[N+](C)(C)C)C(O)C(O)CCC/C=C/CCCCCCCCC. The zero-order valence-electron chi connectivity index (χ0n) is 37.7. The fourth-order valence-corrected chi connectivity index (χ4v) is 7.36. The van der Waals surface area contributed by atoms with Crippen molar-refractivity contribution in [1.29, 1.82) is 0 Å². The summed E-state index contributed by atoms with van der Waals surface area (Å²) in [4.78, 5) is 25.4. The monoisotopic (exact) mass is 827 g/mol. The third-order valence-corrected chi connectivity index (χ3v) is 11.4. The quantitative estimate of drug-likeness (QED) is 0.0242. The summed E-state index contributed by atoms with van der Waals surface area (Å²) in [5.41, 5.74) is 0. The minimum atomic E-state index is -4.67. The lowest BCUT2D eigenvalue weighted by Crippen LogP contribution is -2.51. The van der Waals surface area contributed by atoms with Gasteiger partial charge in [-0.15, -0.1) is 0 Å². The summed E-state index contributed by atoms with van der Waals surface area (Å²) in [7, 11) is 1.10. The van der Waals surface area contributed by atoms with Crippen molar-refractivity contribution in [2.45, 2.75) is 218 Å². The molecule has 0 aliphatic carbocycles. The molecule has 0 aromatic carbocycles. The summed E-state index contributed by atoms with van der Waals surface area (Å²) in [6, 6.07) is -1.09. The first-order valence-corrected chi connectivity index (χ1v) is 24.9. The van der Waals surface area contributed by atoms with Crippen LogP contribution in [0.1, 0.15) is 200 Å². The van der Waals surface area contributed by atoms with Crippen molar-refractivity contribution in [3.63, 3.8) is 0 Å². The van der Waals surface area contributed by atoms with Gasteiger partial charge >= 0.3 is 0 Å². The summed E-state index contributed by atoms with van der Waals surface area (Å²) in [5, 5.41) is 24.6. The second-order valence-electron chi connectivity index (χ2n) is 17.2. The number of hydrogen-bond acceptors (Lipinski definition) is 7. The Morgan fingerprint density at radius 3 is 1.53 bits per heavy atom. The van der Waals surface area contributed by atoms with E-state index in [-0.39, 0.29) is 18.9 Å². The minimum absolute atomic E-state index is 0.0474. The van der Waals surface area contributed by atoms with Gasteiger partial charge in [-0.1, -0.05) is 159 Å². The van der Waals surface area contributed by atoms with Crippen LogP contribution >= 0.6 is 7.82 Å². The highest BCUT2D eigenvalue weighted by molar-refractivity contribution is 7.45. The highest BCUT2D eigenvalue weighted by Gasteiger charge is 2.29. The number of hydrogen-bond donors (Lipinski definition) is 3. The van der Waals surface area contributed by atoms with E-state index in [1.54, 1.807) is 0 Å². The van der Waals surface area contributed by atoms with Crippen molar-refractivity contribution in [3.05, 3.63) is 36.5 Å². The third-order valence-electron chi connectivity index (χ3n) is 10.4. The highest BCUT2D eigenvalue weighted by Crippen LogP contribution is 2.38. The Morgan fingerprint density at radius 2 is 1.05 bits per heavy atom. The van der Waals surface area contributed by atoms with Gasteiger partial charge in [-0.05, 0) is 70.6 Å². The van der Waals surface area contributed by atoms with E-state index in [4.69, 9.17) is 9.05 Å². The Labute approximate surface area is 351 Å². The van der Waals surface area contributed by atoms with E-state index < -0.39 is 32.7 Å². The van der Waals surface area contributed by atoms with Crippen molar-refractivity contribution >= 4 is 13.7 Å². The van der Waals surface area contributed by atoms with Crippen molar-refractivity contribution in [2.24, 2.45) is 0 Å². The molecule has 4 atom stereocenters. The number of likely N-dealkylation sites (N-methyl/N-ethyl adjacent to an activating group) is 1. The number of nitrogens with zero attached hydrogens (tertiary/aromatic N) is 1. The van der Waals surface area contributed by atoms with Gasteiger partial charge in [-0.3, -0.25) is 9.36 Å². The average Bonchev–Trinajstić information content (AvgIpc) is 3.16. The predicted octanol–water partition coefficient (Wildman–Crippen LogP) is 11.4. The summed E-state index contributed by atoms with van der Waals surface area (Å²) in [6.45, 7) is 4.39. The summed E-state index contributed by atoms with van der Waals surface area (Å²) < 4.78 is 23.1. The number of rotatable bonds is 42. The zero-order valence-corrected chi connectivity index (χ0v) is 38.5. The number of aliphatic hydroxyl groups is 2. The molecular weight excluding hydrogens is 735 g/mol. The first-order chi connectivity index (χ1) is 27.4. The predicted molar refractivity (Wildman–Crippen MR) is 239 cm³/mol. The van der Waals surface area contributed by atoms with Crippen molar-refractivity contribution in [2.75, 3.05) is 40.9 Å². The van der Waals surface area contributed by atoms with Gasteiger partial charge < -0.3 is 34.0 Å². The van der Waals surface area contributed by atoms with Gasteiger partial charge in [0.1, 0.15) is 19.3 Å². The number of carbonyl (C=O) groups is 1. The van der Waals surface area contributed by atoms with Gasteiger partial charge in [0.25, 0.3) is 7.82 Å². The first-order valence-electron chi connectivity index (χ1n) is 23.4. The molecule has 1 amide bonds. The Bertz CT molecular complexity index is 1050. The summed E-state index contributed by atoms with van der Waals surface area (Å²) >= 11 is 0. The normalized spacial score (nSPS) is 15.2. The van der Waals surface area contributed by atoms with Gasteiger partial charge in [0, 0.05) is 6.42 Å². The summed E-state index contributed by atoms with van der Waals surface area (Å²) in [6.07, 6.45) is 43.3. The van der Waals surface area contributed by atoms with Gasteiger partial charge in [-0.2, -0.15) is 0 Å². The van der Waals surface area contributed by atoms with Crippen LogP contribution in [-0.2, 0) is 18.4 Å². The molecule has 0 aromatic rings. The third kappa shape index (κ3) is 39.9. The Kier molecular flexibility index (Phi) is 38.0. The number of phosphoric ester groups is 1. The Hall–Kier alpha value is -1.32. The van der Waals surface area contributed by atoms with Crippen LogP contribution in [0.3, 0.4) is 0 Å². The minimum Gasteiger partial charge on any atom is -0.756 e. The number of allylic oxidation sites excluding steroid dienone is 6. The Morgan fingerprint density at radius 1 is 0.632 bits per heavy atom. The van der Waals surface area contributed by atoms with Gasteiger partial charge in [0.05, 0.1) is 39.9 Å². The smallest absolute Gasteiger partial charge is 0.268 e. The molecule has 0 rings (SSSR count). The topological polar surface area (TPSA) is 128 Å². The lowest BCUT2D eigenvalue weighted by Gasteiger charge is -2.31. The molecule has 0 aliphatic rings. The molecule has 336 valence electrons. The van der Waals surface area contributed by atoms with E-state index in [0.29, 0.717) is 30.3 Å². The molecule has 10 heteroatoms. The number of aliphatic hydroxyl groups excluding tert-OH is 2. The molecular formula is C47H91N2O7P. The average molecular weight is 827 g/mol. The van der Waals surface area contributed by atoms with Crippen LogP contribution < -0.4 is 10.2 Å². The van der Waals surface area contributed by atoms with E-state index in [2.05, 4.69) is 55.6 Å². The standard InChI is InChI=1S/C47H91N2O7P/c1-6-8-10-12-14-16-18-20-21-22-23-24-25-26-27-28-30-32-34-36-38-40-46(51)48-44(43-56-57(53,54)55-42-41-49(3,4)5)47(52)45(50)39-37-35-33-31-29-19-17-15-13-11-9-7-2/h18,20,22-23,31,33,44-45,47,50,52H,6-17,19,21,24-30,32,34-43H2,1-5H3,(H-,48,51,53,54)/b20-18-,23-22-,33-31+. The molecule has 0 saturated heterocycles. The van der Waals surface area contributed by atoms with Crippen LogP contribution in [0.15, 0.2) is 36.5 Å². The van der Waals surface area contributed by atoms with Crippen LogP contribution in [0.5, 0.6) is 0 Å². The van der Waals surface area contributed by atoms with Crippen molar-refractivity contribution in [1.82, 2.24) is 5.32 Å². The van der Waals surface area contributed by atoms with Crippen LogP contribution in [0.2, 0.25) is 0 Å². The van der Waals surface area contributed by atoms with Crippen LogP contribution in [0, 0.1) is 0 Å². The molecule has 9 nitrogen and oxygen atoms in total. The molecule has 0 aromatic heterocycles. The molecule has 0 fully saturated rings. The number of quaternary nitrogens is 1. The number of nitrogens with one attached hydrogen (secondary N) is 1. The lowest BCUT2D eigenvalue weighted by atomic mass is 10.0. The second-order valence-corrected chi connectivity index (χ2v) is 18.6. The number of amides is 1. The van der Waals surface area contributed by atoms with E-state index in [9.17, 15) is 24.5 Å².